The van der Waals surface area contributed by atoms with Crippen LogP contribution in [0.5, 0.6) is 0 Å². The van der Waals surface area contributed by atoms with Gasteiger partial charge in [0.1, 0.15) is 25.2 Å². The molecule has 0 aromatic heterocycles. The van der Waals surface area contributed by atoms with Crippen LogP contribution in [-0.4, -0.2) is 39.3 Å². The van der Waals surface area contributed by atoms with Gasteiger partial charge in [0.05, 0.1) is 22.5 Å². The molecule has 12 N–H and O–H groups in total. The van der Waals surface area contributed by atoms with Crippen LogP contribution in [0.4, 0.5) is 22.7 Å². The van der Waals surface area contributed by atoms with Crippen LogP contribution in [-0.2, 0) is 13.1 Å². The number of quaternary nitrogens is 3. The van der Waals surface area contributed by atoms with Gasteiger partial charge in [0, 0.05) is 61.8 Å². The Hall–Kier alpha value is -4.19. The number of hydrogen-bond acceptors (Lipinski definition) is 6. The van der Waals surface area contributed by atoms with Gasteiger partial charge < -0.3 is 75.3 Å². The minimum atomic E-state index is 0. The summed E-state index contributed by atoms with van der Waals surface area (Å²) in [7, 11) is 0. The molecule has 0 bridgehead atoms. The second kappa shape index (κ2) is 36.2. The molecule has 296 valence electrons. The van der Waals surface area contributed by atoms with Gasteiger partial charge in [0.15, 0.2) is 0 Å². The fourth-order valence-electron chi connectivity index (χ4n) is 5.03. The fraction of sp³-hybridized carbons (Fsp3) is 0.366. The summed E-state index contributed by atoms with van der Waals surface area (Å²) in [5, 5.41) is 23.9. The number of anilines is 4. The largest absolute Gasteiger partial charge is 1.00 e. The van der Waals surface area contributed by atoms with Crippen molar-refractivity contribution in [2.24, 2.45) is 0 Å². The molecule has 9 nitrogen and oxygen atoms in total. The summed E-state index contributed by atoms with van der Waals surface area (Å²) in [5.41, 5.74) is 16.4. The van der Waals surface area contributed by atoms with E-state index < -0.39 is 0 Å². The number of benzene rings is 4. The van der Waals surface area contributed by atoms with Crippen molar-refractivity contribution in [2.45, 2.75) is 62.1 Å². The van der Waals surface area contributed by atoms with E-state index in [1.54, 1.807) is 6.07 Å². The predicted molar refractivity (Wildman–Crippen MR) is 217 cm³/mol. The first-order valence-electron chi connectivity index (χ1n) is 17.1. The normalized spacial score (nSPS) is 8.57. The van der Waals surface area contributed by atoms with Crippen LogP contribution in [0.25, 0.3) is 0 Å². The Morgan fingerprint density at radius 3 is 1.32 bits per heavy atom. The molecule has 4 aromatic carbocycles. The SMILES string of the molecule is C.CCN(CC)c1ccccc1C#N.CCN(CC)c1ccccc1C[NH3+].CCNc1ccccc1C#N.CCNc1ccccc1C[NH3+].[Cl-].[Cl-].[Cl-].[NH4+]. The minimum absolute atomic E-state index is 0. The Morgan fingerprint density at radius 2 is 0.868 bits per heavy atom. The molecular formula is C41H66Cl3N9. The highest BCUT2D eigenvalue weighted by atomic mass is 35.5. The van der Waals surface area contributed by atoms with Crippen LogP contribution in [0.2, 0.25) is 0 Å². The molecule has 0 radical (unpaired) electrons. The minimum Gasteiger partial charge on any atom is -1.00 e. The molecule has 0 saturated heterocycles. The van der Waals surface area contributed by atoms with E-state index in [0.29, 0.717) is 5.56 Å². The van der Waals surface area contributed by atoms with Crippen LogP contribution >= 0.6 is 0 Å². The average molecular weight is 791 g/mol. The summed E-state index contributed by atoms with van der Waals surface area (Å²) >= 11 is 0. The average Bonchev–Trinajstić information content (AvgIpc) is 3.14. The molecule has 0 atom stereocenters. The molecule has 0 aliphatic heterocycles. The summed E-state index contributed by atoms with van der Waals surface area (Å²) in [6.45, 7) is 20.2. The van der Waals surface area contributed by atoms with E-state index >= 15 is 0 Å². The van der Waals surface area contributed by atoms with Crippen LogP contribution in [0, 0.1) is 22.7 Å². The smallest absolute Gasteiger partial charge is 0.102 e. The molecule has 0 amide bonds. The first kappa shape index (κ1) is 58.1. The van der Waals surface area contributed by atoms with E-state index in [2.05, 4.69) is 115 Å². The molecule has 4 aromatic rings. The molecule has 0 fully saturated rings. The van der Waals surface area contributed by atoms with E-state index in [9.17, 15) is 0 Å². The Bertz CT molecular complexity index is 1530. The van der Waals surface area contributed by atoms with E-state index in [0.717, 1.165) is 69.3 Å². The molecule has 53 heavy (non-hydrogen) atoms. The summed E-state index contributed by atoms with van der Waals surface area (Å²) in [4.78, 5) is 4.54. The zero-order valence-electron chi connectivity index (χ0n) is 32.2. The van der Waals surface area contributed by atoms with Gasteiger partial charge in [-0.3, -0.25) is 0 Å². The summed E-state index contributed by atoms with van der Waals surface area (Å²) in [5.74, 6) is 0. The highest BCUT2D eigenvalue weighted by molar-refractivity contribution is 5.59. The van der Waals surface area contributed by atoms with Crippen molar-refractivity contribution in [1.82, 2.24) is 6.15 Å². The third-order valence-corrected chi connectivity index (χ3v) is 7.56. The molecule has 0 aliphatic rings. The Labute approximate surface area is 340 Å². The number of para-hydroxylation sites is 4. The maximum Gasteiger partial charge on any atom is 0.102 e. The third-order valence-electron chi connectivity index (χ3n) is 7.56. The van der Waals surface area contributed by atoms with Crippen molar-refractivity contribution < 1.29 is 48.7 Å². The Balaban J connectivity index is -0.000000188. The quantitative estimate of drug-likeness (QED) is 0.118. The van der Waals surface area contributed by atoms with E-state index in [4.69, 9.17) is 10.5 Å². The van der Waals surface area contributed by atoms with Gasteiger partial charge in [-0.1, -0.05) is 68.1 Å². The zero-order chi connectivity index (χ0) is 35.6. The highest BCUT2D eigenvalue weighted by Gasteiger charge is 2.07. The molecule has 0 unspecified atom stereocenters. The van der Waals surface area contributed by atoms with E-state index in [1.807, 2.05) is 61.5 Å². The van der Waals surface area contributed by atoms with E-state index in [-0.39, 0.29) is 50.8 Å². The van der Waals surface area contributed by atoms with Crippen LogP contribution < -0.4 is 75.3 Å². The standard InChI is InChI=1S/C11H18N2.C11H14N2.C9H14N2.C9H10N2.CH4.3ClH.H3N/c2*1-3-13(4-2)11-8-6-5-7-10(11)9-12;2*1-2-11-9-6-4-3-5-8(9)7-10;;;;;/h5-8H,3-4,9,12H2,1-2H3;5-8H,3-4H2,1-2H3;3-6,11H,2,7,10H2,1H3;3-6,11H,2H2,1H3;1H4;3*1H;1H3. The van der Waals surface area contributed by atoms with Crippen molar-refractivity contribution in [3.8, 4) is 12.1 Å². The second-order valence-corrected chi connectivity index (χ2v) is 10.5. The second-order valence-electron chi connectivity index (χ2n) is 10.5. The van der Waals surface area contributed by atoms with Crippen molar-refractivity contribution in [1.29, 1.82) is 10.5 Å². The van der Waals surface area contributed by atoms with Crippen LogP contribution in [0.3, 0.4) is 0 Å². The van der Waals surface area contributed by atoms with Crippen molar-refractivity contribution in [3.05, 3.63) is 119 Å². The van der Waals surface area contributed by atoms with Gasteiger partial charge in [-0.15, -0.1) is 0 Å². The lowest BCUT2D eigenvalue weighted by Crippen LogP contribution is -3.00. The molecule has 0 spiro atoms. The number of halogens is 3. The van der Waals surface area contributed by atoms with Crippen LogP contribution in [0.15, 0.2) is 97.1 Å². The van der Waals surface area contributed by atoms with E-state index in [1.165, 1.54) is 22.5 Å². The lowest BCUT2D eigenvalue weighted by Gasteiger charge is -2.22. The molecule has 0 aliphatic carbocycles. The molecule has 4 rings (SSSR count). The number of nitrogens with zero attached hydrogens (tertiary/aromatic N) is 4. The van der Waals surface area contributed by atoms with Crippen molar-refractivity contribution >= 4 is 22.7 Å². The predicted octanol–water partition coefficient (Wildman–Crippen LogP) is -1.45. The monoisotopic (exact) mass is 789 g/mol. The number of nitriles is 2. The van der Waals surface area contributed by atoms with Crippen LogP contribution in [0.1, 0.15) is 71.2 Å². The Kier molecular flexibility index (Phi) is 39.7. The summed E-state index contributed by atoms with van der Waals surface area (Å²) < 4.78 is 0. The van der Waals surface area contributed by atoms with Gasteiger partial charge in [-0.05, 0) is 77.9 Å². The van der Waals surface area contributed by atoms with Crippen molar-refractivity contribution in [2.75, 3.05) is 59.7 Å². The lowest BCUT2D eigenvalue weighted by molar-refractivity contribution is -0.386. The Morgan fingerprint density at radius 1 is 0.509 bits per heavy atom. The van der Waals surface area contributed by atoms with Crippen molar-refractivity contribution in [3.63, 3.8) is 0 Å². The van der Waals surface area contributed by atoms with Gasteiger partial charge in [-0.25, -0.2) is 0 Å². The number of nitrogens with one attached hydrogen (secondary N) is 2. The van der Waals surface area contributed by atoms with Gasteiger partial charge in [0.2, 0.25) is 0 Å². The molecule has 0 saturated carbocycles. The first-order valence-corrected chi connectivity index (χ1v) is 17.1. The lowest BCUT2D eigenvalue weighted by atomic mass is 10.1. The maximum atomic E-state index is 8.88. The fourth-order valence-corrected chi connectivity index (χ4v) is 5.03. The molecule has 0 heterocycles. The first-order chi connectivity index (χ1) is 23.4. The van der Waals surface area contributed by atoms with Gasteiger partial charge >= 0.3 is 0 Å². The maximum absolute atomic E-state index is 8.88. The zero-order valence-corrected chi connectivity index (χ0v) is 34.5. The van der Waals surface area contributed by atoms with Gasteiger partial charge in [0.25, 0.3) is 0 Å². The molecule has 12 heteroatoms. The highest BCUT2D eigenvalue weighted by Crippen LogP contribution is 2.20. The summed E-state index contributed by atoms with van der Waals surface area (Å²) in [6.07, 6.45) is 0. The topological polar surface area (TPSA) is 170 Å². The number of rotatable bonds is 12. The molecular weight excluding hydrogens is 725 g/mol. The number of hydrogen-bond donors (Lipinski definition) is 5. The summed E-state index contributed by atoms with van der Waals surface area (Å²) in [6, 6.07) is 36.3. The van der Waals surface area contributed by atoms with Gasteiger partial charge in [-0.2, -0.15) is 10.5 Å². The third kappa shape index (κ3) is 20.6.